The van der Waals surface area contributed by atoms with Crippen LogP contribution in [-0.4, -0.2) is 41.1 Å². The number of hydrogen-bond donors (Lipinski definition) is 0. The van der Waals surface area contributed by atoms with Gasteiger partial charge in [0.25, 0.3) is 0 Å². The van der Waals surface area contributed by atoms with Gasteiger partial charge in [0.15, 0.2) is 11.6 Å². The van der Waals surface area contributed by atoms with Crippen molar-refractivity contribution in [1.82, 2.24) is 0 Å². The van der Waals surface area contributed by atoms with Gasteiger partial charge in [-0.3, -0.25) is 9.59 Å². The normalized spacial score (nSPS) is 9.38. The molecular formula is C26H20NaO2. The van der Waals surface area contributed by atoms with E-state index < -0.39 is 0 Å². The Morgan fingerprint density at radius 1 is 0.345 bits per heavy atom. The van der Waals surface area contributed by atoms with E-state index in [1.807, 2.05) is 121 Å². The van der Waals surface area contributed by atoms with Crippen molar-refractivity contribution in [3.8, 4) is 0 Å². The van der Waals surface area contributed by atoms with Crippen LogP contribution in [0, 0.1) is 0 Å². The van der Waals surface area contributed by atoms with Gasteiger partial charge in [-0.15, -0.1) is 0 Å². The Hall–Kier alpha value is -2.78. The molecule has 0 aliphatic carbocycles. The molecule has 0 unspecified atom stereocenters. The third-order valence-corrected chi connectivity index (χ3v) is 4.14. The molecule has 4 aromatic carbocycles. The number of benzene rings is 4. The first-order valence-corrected chi connectivity index (χ1v) is 9.05. The molecule has 0 atom stereocenters. The van der Waals surface area contributed by atoms with Crippen LogP contribution in [0.5, 0.6) is 0 Å². The van der Waals surface area contributed by atoms with Crippen molar-refractivity contribution >= 4 is 41.1 Å². The average molecular weight is 387 g/mol. The van der Waals surface area contributed by atoms with Crippen molar-refractivity contribution in [2.45, 2.75) is 0 Å². The molecule has 3 heteroatoms. The summed E-state index contributed by atoms with van der Waals surface area (Å²) in [5, 5.41) is 0. The van der Waals surface area contributed by atoms with Crippen LogP contribution in [0.4, 0.5) is 0 Å². The van der Waals surface area contributed by atoms with E-state index in [0.717, 1.165) is 22.3 Å². The van der Waals surface area contributed by atoms with Gasteiger partial charge in [-0.25, -0.2) is 0 Å². The predicted molar refractivity (Wildman–Crippen MR) is 118 cm³/mol. The second kappa shape index (κ2) is 11.9. The minimum Gasteiger partial charge on any atom is -0.289 e. The van der Waals surface area contributed by atoms with Crippen LogP contribution in [0.1, 0.15) is 31.8 Å². The van der Waals surface area contributed by atoms with E-state index in [1.54, 1.807) is 0 Å². The zero-order valence-electron chi connectivity index (χ0n) is 16.4. The van der Waals surface area contributed by atoms with Crippen LogP contribution in [0.15, 0.2) is 121 Å². The Labute approximate surface area is 193 Å². The minimum absolute atomic E-state index is 0. The van der Waals surface area contributed by atoms with Gasteiger partial charge in [0.1, 0.15) is 0 Å². The average Bonchev–Trinajstić information content (AvgIpc) is 2.81. The molecule has 0 amide bonds. The van der Waals surface area contributed by atoms with Crippen LogP contribution >= 0.6 is 0 Å². The number of carbonyl (C=O) groups is 2. The largest absolute Gasteiger partial charge is 0.289 e. The summed E-state index contributed by atoms with van der Waals surface area (Å²) in [6.07, 6.45) is 0. The van der Waals surface area contributed by atoms with Crippen molar-refractivity contribution < 1.29 is 9.59 Å². The van der Waals surface area contributed by atoms with Gasteiger partial charge in [0, 0.05) is 51.8 Å². The fourth-order valence-corrected chi connectivity index (χ4v) is 2.69. The van der Waals surface area contributed by atoms with E-state index in [4.69, 9.17) is 0 Å². The molecule has 0 spiro atoms. The molecule has 0 saturated carbocycles. The molecule has 137 valence electrons. The molecule has 0 fully saturated rings. The Kier molecular flexibility index (Phi) is 9.26. The van der Waals surface area contributed by atoms with Crippen molar-refractivity contribution in [1.29, 1.82) is 0 Å². The van der Waals surface area contributed by atoms with Gasteiger partial charge >= 0.3 is 0 Å². The van der Waals surface area contributed by atoms with Gasteiger partial charge in [-0.05, 0) is 0 Å². The molecule has 4 rings (SSSR count). The summed E-state index contributed by atoms with van der Waals surface area (Å²) >= 11 is 0. The zero-order valence-corrected chi connectivity index (χ0v) is 18.4. The Morgan fingerprint density at radius 2 is 0.517 bits per heavy atom. The number of ketones is 2. The van der Waals surface area contributed by atoms with Crippen molar-refractivity contribution in [3.63, 3.8) is 0 Å². The SMILES string of the molecule is O=C(c1ccccc1)c1ccccc1.O=C(c1ccccc1)c1ccccc1.[Na]. The standard InChI is InChI=1S/2C13H10O.Na/c2*14-13(11-7-3-1-4-8-11)12-9-5-2-6-10-12;/h2*1-10H;. The minimum atomic E-state index is 0. The van der Waals surface area contributed by atoms with E-state index >= 15 is 0 Å². The summed E-state index contributed by atoms with van der Waals surface area (Å²) < 4.78 is 0. The summed E-state index contributed by atoms with van der Waals surface area (Å²) in [4.78, 5) is 23.7. The van der Waals surface area contributed by atoms with Crippen LogP contribution in [0.3, 0.4) is 0 Å². The van der Waals surface area contributed by atoms with Crippen LogP contribution < -0.4 is 0 Å². The first kappa shape index (κ1) is 22.5. The van der Waals surface area contributed by atoms with E-state index in [0.29, 0.717) is 0 Å². The molecule has 0 bridgehead atoms. The van der Waals surface area contributed by atoms with E-state index in [1.165, 1.54) is 0 Å². The van der Waals surface area contributed by atoms with Gasteiger partial charge in [0.05, 0.1) is 0 Å². The molecule has 2 nitrogen and oxygen atoms in total. The molecule has 0 N–H and O–H groups in total. The smallest absolute Gasteiger partial charge is 0.193 e. The molecule has 0 saturated heterocycles. The molecule has 0 heterocycles. The maximum atomic E-state index is 11.8. The van der Waals surface area contributed by atoms with Crippen LogP contribution in [-0.2, 0) is 0 Å². The van der Waals surface area contributed by atoms with E-state index in [-0.39, 0.29) is 41.1 Å². The fourth-order valence-electron chi connectivity index (χ4n) is 2.69. The molecular weight excluding hydrogens is 367 g/mol. The molecule has 1 radical (unpaired) electrons. The first-order chi connectivity index (χ1) is 13.8. The van der Waals surface area contributed by atoms with Gasteiger partial charge < -0.3 is 0 Å². The van der Waals surface area contributed by atoms with E-state index in [9.17, 15) is 9.59 Å². The van der Waals surface area contributed by atoms with Gasteiger partial charge in [-0.2, -0.15) is 0 Å². The Bertz CT molecular complexity index is 845. The summed E-state index contributed by atoms with van der Waals surface area (Å²) in [5.41, 5.74) is 2.94. The van der Waals surface area contributed by atoms with Crippen molar-refractivity contribution in [2.24, 2.45) is 0 Å². The molecule has 0 aliphatic heterocycles. The molecule has 0 aliphatic rings. The molecule has 4 aromatic rings. The molecule has 29 heavy (non-hydrogen) atoms. The summed E-state index contributed by atoms with van der Waals surface area (Å²) in [6.45, 7) is 0. The second-order valence-corrected chi connectivity index (χ2v) is 6.12. The first-order valence-electron chi connectivity index (χ1n) is 9.05. The van der Waals surface area contributed by atoms with Crippen LogP contribution in [0.25, 0.3) is 0 Å². The van der Waals surface area contributed by atoms with Crippen molar-refractivity contribution in [3.05, 3.63) is 144 Å². The van der Waals surface area contributed by atoms with Gasteiger partial charge in [-0.1, -0.05) is 121 Å². The predicted octanol–water partition coefficient (Wildman–Crippen LogP) is 5.45. The number of rotatable bonds is 4. The summed E-state index contributed by atoms with van der Waals surface area (Å²) in [5.74, 6) is 0.150. The maximum absolute atomic E-state index is 11.8. The third-order valence-electron chi connectivity index (χ3n) is 4.14. The second-order valence-electron chi connectivity index (χ2n) is 6.12. The number of hydrogen-bond acceptors (Lipinski definition) is 2. The summed E-state index contributed by atoms with van der Waals surface area (Å²) in [6, 6.07) is 37.2. The zero-order chi connectivity index (χ0) is 19.6. The monoisotopic (exact) mass is 387 g/mol. The summed E-state index contributed by atoms with van der Waals surface area (Å²) in [7, 11) is 0. The van der Waals surface area contributed by atoms with Crippen LogP contribution in [0.2, 0.25) is 0 Å². The Morgan fingerprint density at radius 3 is 0.690 bits per heavy atom. The number of carbonyl (C=O) groups excluding carboxylic acids is 2. The van der Waals surface area contributed by atoms with Gasteiger partial charge in [0.2, 0.25) is 0 Å². The van der Waals surface area contributed by atoms with Crippen molar-refractivity contribution in [2.75, 3.05) is 0 Å². The topological polar surface area (TPSA) is 34.1 Å². The maximum Gasteiger partial charge on any atom is 0.193 e. The third kappa shape index (κ3) is 6.65. The molecule has 0 aromatic heterocycles. The Balaban J connectivity index is 0.000000200. The van der Waals surface area contributed by atoms with E-state index in [2.05, 4.69) is 0 Å². The fraction of sp³-hybridized carbons (Fsp3) is 0. The quantitative estimate of drug-likeness (QED) is 0.344.